The van der Waals surface area contributed by atoms with Crippen LogP contribution in [0.25, 0.3) is 0 Å². The van der Waals surface area contributed by atoms with Crippen LogP contribution in [0.3, 0.4) is 0 Å². The van der Waals surface area contributed by atoms with E-state index in [-0.39, 0.29) is 10.0 Å². The maximum absolute atomic E-state index is 12.3. The normalized spacial score (nSPS) is 11.9. The summed E-state index contributed by atoms with van der Waals surface area (Å²) in [5.41, 5.74) is 0.923. The topological polar surface area (TPSA) is 121 Å². The van der Waals surface area contributed by atoms with Crippen LogP contribution in [-0.4, -0.2) is 25.4 Å². The lowest BCUT2D eigenvalue weighted by Gasteiger charge is -2.15. The summed E-state index contributed by atoms with van der Waals surface area (Å²) < 4.78 is 32.6. The minimum Gasteiger partial charge on any atom is -0.481 e. The summed E-state index contributed by atoms with van der Waals surface area (Å²) in [6.45, 7) is 1.59. The van der Waals surface area contributed by atoms with Gasteiger partial charge in [-0.2, -0.15) is 5.26 Å². The Morgan fingerprint density at radius 2 is 1.86 bits per heavy atom. The predicted octanol–water partition coefficient (Wildman–Crippen LogP) is 3.22. The van der Waals surface area contributed by atoms with E-state index in [2.05, 4.69) is 15.0 Å². The van der Waals surface area contributed by atoms with Gasteiger partial charge in [-0.3, -0.25) is 9.52 Å². The van der Waals surface area contributed by atoms with Crippen LogP contribution in [0.4, 0.5) is 10.8 Å². The molecule has 0 saturated carbocycles. The van der Waals surface area contributed by atoms with Crippen molar-refractivity contribution >= 4 is 38.1 Å². The number of benzene rings is 2. The number of carbonyl (C=O) groups excluding carboxylic acids is 1. The van der Waals surface area contributed by atoms with Gasteiger partial charge in [0.25, 0.3) is 15.9 Å². The van der Waals surface area contributed by atoms with Gasteiger partial charge < -0.3 is 10.1 Å². The Morgan fingerprint density at radius 1 is 1.17 bits per heavy atom. The number of thiazole rings is 1. The number of hydrogen-bond donors (Lipinski definition) is 2. The number of aromatic nitrogens is 1. The van der Waals surface area contributed by atoms with E-state index in [1.807, 2.05) is 6.07 Å². The maximum Gasteiger partial charge on any atom is 0.265 e. The molecule has 0 aliphatic heterocycles. The fourth-order valence-electron chi connectivity index (χ4n) is 2.27. The molecule has 0 spiro atoms. The molecule has 1 atom stereocenters. The molecular formula is C19H16N4O4S2. The molecule has 1 unspecified atom stereocenters. The Balaban J connectivity index is 1.61. The standard InChI is InChI=1S/C19H16N4O4S2/c1-13(27-16-6-2-14(12-20)3-7-16)18(24)22-15-4-8-17(9-5-15)29(25,26)23-19-21-10-11-28-19/h2-11,13H,1H3,(H,21,23)(H,22,24). The lowest BCUT2D eigenvalue weighted by Crippen LogP contribution is -2.30. The molecule has 8 nitrogen and oxygen atoms in total. The fourth-order valence-corrected chi connectivity index (χ4v) is 4.06. The van der Waals surface area contributed by atoms with Gasteiger partial charge in [0.05, 0.1) is 16.5 Å². The van der Waals surface area contributed by atoms with E-state index in [0.29, 0.717) is 17.0 Å². The third-order valence-electron chi connectivity index (χ3n) is 3.75. The van der Waals surface area contributed by atoms with Gasteiger partial charge in [-0.1, -0.05) is 0 Å². The number of nitrogens with zero attached hydrogens (tertiary/aromatic N) is 2. The summed E-state index contributed by atoms with van der Waals surface area (Å²) in [6, 6.07) is 14.2. The second-order valence-electron chi connectivity index (χ2n) is 5.85. The third-order valence-corrected chi connectivity index (χ3v) is 5.92. The largest absolute Gasteiger partial charge is 0.481 e. The average Bonchev–Trinajstić information content (AvgIpc) is 3.21. The molecule has 2 aromatic carbocycles. The molecule has 0 radical (unpaired) electrons. The Bertz CT molecular complexity index is 1120. The monoisotopic (exact) mass is 428 g/mol. The first-order chi connectivity index (χ1) is 13.9. The Kier molecular flexibility index (Phi) is 6.11. The molecule has 0 bridgehead atoms. The SMILES string of the molecule is CC(Oc1ccc(C#N)cc1)C(=O)Nc1ccc(S(=O)(=O)Nc2nccs2)cc1. The van der Waals surface area contributed by atoms with Crippen molar-refractivity contribution in [1.82, 2.24) is 4.98 Å². The van der Waals surface area contributed by atoms with Gasteiger partial charge in [0.15, 0.2) is 11.2 Å². The first kappa shape index (κ1) is 20.3. The first-order valence-corrected chi connectivity index (χ1v) is 10.7. The molecule has 0 fully saturated rings. The second-order valence-corrected chi connectivity index (χ2v) is 8.43. The number of hydrogen-bond acceptors (Lipinski definition) is 7. The van der Waals surface area contributed by atoms with Gasteiger partial charge in [-0.15, -0.1) is 11.3 Å². The maximum atomic E-state index is 12.3. The van der Waals surface area contributed by atoms with Crippen molar-refractivity contribution < 1.29 is 17.9 Å². The number of sulfonamides is 1. The van der Waals surface area contributed by atoms with Crippen LogP contribution in [0.15, 0.2) is 65.0 Å². The van der Waals surface area contributed by atoms with E-state index in [1.165, 1.54) is 41.8 Å². The highest BCUT2D eigenvalue weighted by Crippen LogP contribution is 2.20. The smallest absolute Gasteiger partial charge is 0.265 e. The van der Waals surface area contributed by atoms with E-state index in [9.17, 15) is 13.2 Å². The van der Waals surface area contributed by atoms with E-state index < -0.39 is 22.0 Å². The number of nitrogens with one attached hydrogen (secondary N) is 2. The molecule has 2 N–H and O–H groups in total. The van der Waals surface area contributed by atoms with Crippen molar-refractivity contribution in [3.05, 3.63) is 65.7 Å². The van der Waals surface area contributed by atoms with Crippen LogP contribution >= 0.6 is 11.3 Å². The first-order valence-electron chi connectivity index (χ1n) is 8.37. The van der Waals surface area contributed by atoms with E-state index in [1.54, 1.807) is 36.6 Å². The predicted molar refractivity (Wildman–Crippen MR) is 109 cm³/mol. The van der Waals surface area contributed by atoms with Gasteiger partial charge in [-0.25, -0.2) is 13.4 Å². The molecule has 29 heavy (non-hydrogen) atoms. The van der Waals surface area contributed by atoms with Gasteiger partial charge in [-0.05, 0) is 55.5 Å². The zero-order chi connectivity index (χ0) is 20.9. The highest BCUT2D eigenvalue weighted by molar-refractivity contribution is 7.93. The highest BCUT2D eigenvalue weighted by atomic mass is 32.2. The highest BCUT2D eigenvalue weighted by Gasteiger charge is 2.17. The van der Waals surface area contributed by atoms with Crippen molar-refractivity contribution in [3.8, 4) is 11.8 Å². The lowest BCUT2D eigenvalue weighted by molar-refractivity contribution is -0.122. The van der Waals surface area contributed by atoms with Crippen LogP contribution in [0.2, 0.25) is 0 Å². The Morgan fingerprint density at radius 3 is 2.45 bits per heavy atom. The van der Waals surface area contributed by atoms with E-state index in [0.717, 1.165) is 0 Å². The minimum atomic E-state index is -3.75. The zero-order valence-electron chi connectivity index (χ0n) is 15.2. The van der Waals surface area contributed by atoms with Crippen molar-refractivity contribution in [2.24, 2.45) is 0 Å². The number of carbonyl (C=O) groups is 1. The molecule has 3 rings (SSSR count). The molecule has 0 aliphatic carbocycles. The Labute approximate surface area is 171 Å². The molecular weight excluding hydrogens is 412 g/mol. The van der Waals surface area contributed by atoms with Gasteiger partial charge >= 0.3 is 0 Å². The van der Waals surface area contributed by atoms with Crippen LogP contribution in [0.1, 0.15) is 12.5 Å². The van der Waals surface area contributed by atoms with Crippen LogP contribution in [0.5, 0.6) is 5.75 Å². The third kappa shape index (κ3) is 5.31. The number of anilines is 2. The second kappa shape index (κ2) is 8.72. The summed E-state index contributed by atoms with van der Waals surface area (Å²) in [5, 5.41) is 13.4. The van der Waals surface area contributed by atoms with Crippen molar-refractivity contribution in [3.63, 3.8) is 0 Å². The molecule has 148 valence electrons. The van der Waals surface area contributed by atoms with Gasteiger partial charge in [0.2, 0.25) is 0 Å². The number of amides is 1. The summed E-state index contributed by atoms with van der Waals surface area (Å²) in [6.07, 6.45) is 0.709. The Hall–Kier alpha value is -3.42. The number of nitriles is 1. The minimum absolute atomic E-state index is 0.0487. The average molecular weight is 428 g/mol. The number of rotatable bonds is 7. The summed E-state index contributed by atoms with van der Waals surface area (Å²) in [5.74, 6) is 0.0622. The molecule has 3 aromatic rings. The molecule has 0 saturated heterocycles. The van der Waals surface area contributed by atoms with E-state index in [4.69, 9.17) is 10.00 Å². The van der Waals surface area contributed by atoms with Crippen molar-refractivity contribution in [2.45, 2.75) is 17.9 Å². The molecule has 1 aromatic heterocycles. The molecule has 10 heteroatoms. The van der Waals surface area contributed by atoms with E-state index >= 15 is 0 Å². The van der Waals surface area contributed by atoms with Crippen molar-refractivity contribution in [1.29, 1.82) is 5.26 Å². The molecule has 0 aliphatic rings. The lowest BCUT2D eigenvalue weighted by atomic mass is 10.2. The zero-order valence-corrected chi connectivity index (χ0v) is 16.8. The number of ether oxygens (including phenoxy) is 1. The van der Waals surface area contributed by atoms with Crippen molar-refractivity contribution in [2.75, 3.05) is 10.0 Å². The van der Waals surface area contributed by atoms with Gasteiger partial charge in [0, 0.05) is 17.3 Å². The van der Waals surface area contributed by atoms with Crippen LogP contribution < -0.4 is 14.8 Å². The molecule has 1 heterocycles. The molecule has 1 amide bonds. The summed E-state index contributed by atoms with van der Waals surface area (Å²) in [7, 11) is -3.75. The van der Waals surface area contributed by atoms with Crippen LogP contribution in [-0.2, 0) is 14.8 Å². The van der Waals surface area contributed by atoms with Gasteiger partial charge in [0.1, 0.15) is 5.75 Å². The van der Waals surface area contributed by atoms with Crippen LogP contribution in [0, 0.1) is 11.3 Å². The quantitative estimate of drug-likeness (QED) is 0.596. The fraction of sp³-hybridized carbons (Fsp3) is 0.105. The summed E-state index contributed by atoms with van der Waals surface area (Å²) in [4.78, 5) is 16.2. The summed E-state index contributed by atoms with van der Waals surface area (Å²) >= 11 is 1.17.